The Balaban J connectivity index is 1.46. The van der Waals surface area contributed by atoms with Gasteiger partial charge in [0.15, 0.2) is 0 Å². The second-order valence-corrected chi connectivity index (χ2v) is 8.67. The van der Waals surface area contributed by atoms with Crippen LogP contribution in [0.15, 0.2) is 54.6 Å². The maximum Gasteiger partial charge on any atom is 0.222 e. The van der Waals surface area contributed by atoms with Gasteiger partial charge in [0, 0.05) is 50.3 Å². The molecule has 0 N–H and O–H groups in total. The van der Waals surface area contributed by atoms with Crippen LogP contribution in [-0.2, 0) is 17.6 Å². The van der Waals surface area contributed by atoms with Gasteiger partial charge in [0.2, 0.25) is 5.91 Å². The lowest BCUT2D eigenvalue weighted by Crippen LogP contribution is -2.36. The van der Waals surface area contributed by atoms with E-state index >= 15 is 0 Å². The first-order chi connectivity index (χ1) is 16.0. The zero-order valence-electron chi connectivity index (χ0n) is 19.4. The average Bonchev–Trinajstić information content (AvgIpc) is 3.06. The van der Waals surface area contributed by atoms with E-state index < -0.39 is 0 Å². The van der Waals surface area contributed by atoms with E-state index in [1.807, 2.05) is 43.0 Å². The number of carbonyl (C=O) groups excluding carboxylic acids is 1. The van der Waals surface area contributed by atoms with Crippen molar-refractivity contribution in [1.82, 2.24) is 14.9 Å². The molecule has 0 saturated carbocycles. The minimum atomic E-state index is -0.237. The summed E-state index contributed by atoms with van der Waals surface area (Å²) in [4.78, 5) is 26.5. The van der Waals surface area contributed by atoms with Gasteiger partial charge < -0.3 is 9.80 Å². The van der Waals surface area contributed by atoms with Crippen LogP contribution < -0.4 is 4.90 Å². The van der Waals surface area contributed by atoms with Gasteiger partial charge >= 0.3 is 0 Å². The van der Waals surface area contributed by atoms with Crippen molar-refractivity contribution in [2.24, 2.45) is 0 Å². The molecule has 1 saturated heterocycles. The molecule has 2 heterocycles. The standard InChI is InChI=1S/C27H31FN4O/c1-20-25(19-23-10-6-11-24(28)18-23)27(30-21(2)29-20)32-15-7-14-31(16-17-32)26(33)13-12-22-8-4-3-5-9-22/h3-6,8-11,18H,7,12-17,19H2,1-2H3. The summed E-state index contributed by atoms with van der Waals surface area (Å²) in [5.41, 5.74) is 4.03. The molecule has 1 aromatic heterocycles. The van der Waals surface area contributed by atoms with Crippen LogP contribution >= 0.6 is 0 Å². The summed E-state index contributed by atoms with van der Waals surface area (Å²) < 4.78 is 13.8. The first-order valence-electron chi connectivity index (χ1n) is 11.6. The van der Waals surface area contributed by atoms with E-state index in [0.717, 1.165) is 60.9 Å². The Labute approximate surface area is 195 Å². The quantitative estimate of drug-likeness (QED) is 0.560. The fourth-order valence-corrected chi connectivity index (χ4v) is 4.47. The van der Waals surface area contributed by atoms with Crippen molar-refractivity contribution in [3.05, 3.63) is 88.6 Å². The van der Waals surface area contributed by atoms with Crippen molar-refractivity contribution in [3.8, 4) is 0 Å². The van der Waals surface area contributed by atoms with Crippen molar-refractivity contribution in [3.63, 3.8) is 0 Å². The second kappa shape index (κ2) is 10.6. The number of halogens is 1. The average molecular weight is 447 g/mol. The largest absolute Gasteiger partial charge is 0.354 e. The predicted molar refractivity (Wildman–Crippen MR) is 129 cm³/mol. The summed E-state index contributed by atoms with van der Waals surface area (Å²) in [6, 6.07) is 16.8. The van der Waals surface area contributed by atoms with E-state index in [0.29, 0.717) is 19.4 Å². The number of aryl methyl sites for hydroxylation is 3. The van der Waals surface area contributed by atoms with Gasteiger partial charge in [0.1, 0.15) is 17.5 Å². The van der Waals surface area contributed by atoms with E-state index in [2.05, 4.69) is 22.0 Å². The summed E-state index contributed by atoms with van der Waals surface area (Å²) in [7, 11) is 0. The molecule has 4 rings (SSSR count). The van der Waals surface area contributed by atoms with Gasteiger partial charge in [-0.3, -0.25) is 4.79 Å². The van der Waals surface area contributed by atoms with Crippen LogP contribution in [0, 0.1) is 19.7 Å². The third kappa shape index (κ3) is 5.95. The molecule has 1 aliphatic rings. The highest BCUT2D eigenvalue weighted by molar-refractivity contribution is 5.76. The molecule has 0 atom stereocenters. The topological polar surface area (TPSA) is 49.3 Å². The lowest BCUT2D eigenvalue weighted by molar-refractivity contribution is -0.130. The van der Waals surface area contributed by atoms with Crippen LogP contribution in [-0.4, -0.2) is 47.0 Å². The molecule has 1 fully saturated rings. The molecular formula is C27H31FN4O. The highest BCUT2D eigenvalue weighted by Gasteiger charge is 2.23. The van der Waals surface area contributed by atoms with Gasteiger partial charge in [-0.1, -0.05) is 42.5 Å². The van der Waals surface area contributed by atoms with Crippen molar-refractivity contribution in [1.29, 1.82) is 0 Å². The van der Waals surface area contributed by atoms with Crippen molar-refractivity contribution < 1.29 is 9.18 Å². The zero-order chi connectivity index (χ0) is 23.2. The summed E-state index contributed by atoms with van der Waals surface area (Å²) in [6.07, 6.45) is 2.76. The van der Waals surface area contributed by atoms with Crippen molar-refractivity contribution in [2.45, 2.75) is 39.5 Å². The Morgan fingerprint density at radius 3 is 2.52 bits per heavy atom. The van der Waals surface area contributed by atoms with E-state index in [1.54, 1.807) is 12.1 Å². The molecule has 33 heavy (non-hydrogen) atoms. The maximum atomic E-state index is 13.8. The smallest absolute Gasteiger partial charge is 0.222 e. The predicted octanol–water partition coefficient (Wildman–Crippen LogP) is 4.49. The number of nitrogens with zero attached hydrogens (tertiary/aromatic N) is 4. The van der Waals surface area contributed by atoms with E-state index in [1.165, 1.54) is 11.6 Å². The summed E-state index contributed by atoms with van der Waals surface area (Å²) in [6.45, 7) is 6.88. The molecular weight excluding hydrogens is 415 g/mol. The van der Waals surface area contributed by atoms with Gasteiger partial charge in [0.05, 0.1) is 0 Å². The molecule has 1 amide bonds. The van der Waals surface area contributed by atoms with Gasteiger partial charge in [-0.05, 0) is 49.9 Å². The Kier molecular flexibility index (Phi) is 7.33. The number of amides is 1. The minimum absolute atomic E-state index is 0.204. The van der Waals surface area contributed by atoms with E-state index in [9.17, 15) is 9.18 Å². The first kappa shape index (κ1) is 22.9. The molecule has 6 heteroatoms. The Morgan fingerprint density at radius 2 is 1.73 bits per heavy atom. The Hall–Kier alpha value is -3.28. The summed E-state index contributed by atoms with van der Waals surface area (Å²) >= 11 is 0. The normalized spacial score (nSPS) is 14.3. The van der Waals surface area contributed by atoms with Crippen LogP contribution in [0.3, 0.4) is 0 Å². The van der Waals surface area contributed by atoms with E-state index in [4.69, 9.17) is 4.98 Å². The number of benzene rings is 2. The van der Waals surface area contributed by atoms with Crippen LogP contribution in [0.4, 0.5) is 10.2 Å². The molecule has 2 aromatic carbocycles. The van der Waals surface area contributed by atoms with Crippen LogP contribution in [0.5, 0.6) is 0 Å². The lowest BCUT2D eigenvalue weighted by Gasteiger charge is -2.26. The highest BCUT2D eigenvalue weighted by atomic mass is 19.1. The molecule has 3 aromatic rings. The van der Waals surface area contributed by atoms with Crippen LogP contribution in [0.2, 0.25) is 0 Å². The first-order valence-corrected chi connectivity index (χ1v) is 11.6. The molecule has 0 unspecified atom stereocenters. The van der Waals surface area contributed by atoms with Crippen molar-refractivity contribution in [2.75, 3.05) is 31.1 Å². The van der Waals surface area contributed by atoms with Crippen LogP contribution in [0.1, 0.15) is 41.1 Å². The third-order valence-electron chi connectivity index (χ3n) is 6.19. The Bertz CT molecular complexity index is 1100. The monoisotopic (exact) mass is 446 g/mol. The number of aromatic nitrogens is 2. The second-order valence-electron chi connectivity index (χ2n) is 8.67. The fraction of sp³-hybridized carbons (Fsp3) is 0.370. The molecule has 0 radical (unpaired) electrons. The SMILES string of the molecule is Cc1nc(C)c(Cc2cccc(F)c2)c(N2CCCN(C(=O)CCc3ccccc3)CC2)n1. The zero-order valence-corrected chi connectivity index (χ0v) is 19.4. The molecule has 1 aliphatic heterocycles. The number of rotatable bonds is 6. The molecule has 0 spiro atoms. The third-order valence-corrected chi connectivity index (χ3v) is 6.19. The lowest BCUT2D eigenvalue weighted by atomic mass is 10.0. The van der Waals surface area contributed by atoms with Gasteiger partial charge in [-0.2, -0.15) is 0 Å². The molecule has 172 valence electrons. The van der Waals surface area contributed by atoms with E-state index in [-0.39, 0.29) is 11.7 Å². The molecule has 0 aliphatic carbocycles. The minimum Gasteiger partial charge on any atom is -0.354 e. The fourth-order valence-electron chi connectivity index (χ4n) is 4.47. The van der Waals surface area contributed by atoms with Gasteiger partial charge in [-0.15, -0.1) is 0 Å². The molecule has 0 bridgehead atoms. The molecule has 5 nitrogen and oxygen atoms in total. The number of anilines is 1. The van der Waals surface area contributed by atoms with Gasteiger partial charge in [-0.25, -0.2) is 14.4 Å². The highest BCUT2D eigenvalue weighted by Crippen LogP contribution is 2.25. The summed E-state index contributed by atoms with van der Waals surface area (Å²) in [5.74, 6) is 1.60. The van der Waals surface area contributed by atoms with Gasteiger partial charge in [0.25, 0.3) is 0 Å². The number of carbonyl (C=O) groups is 1. The summed E-state index contributed by atoms with van der Waals surface area (Å²) in [5, 5.41) is 0. The van der Waals surface area contributed by atoms with Crippen molar-refractivity contribution >= 4 is 11.7 Å². The number of hydrogen-bond donors (Lipinski definition) is 0. The van der Waals surface area contributed by atoms with Crippen LogP contribution in [0.25, 0.3) is 0 Å². The Morgan fingerprint density at radius 1 is 0.939 bits per heavy atom. The number of hydrogen-bond acceptors (Lipinski definition) is 4. The maximum absolute atomic E-state index is 13.8.